The molecule has 1 aromatic carbocycles. The fourth-order valence-corrected chi connectivity index (χ4v) is 5.29. The van der Waals surface area contributed by atoms with Crippen molar-refractivity contribution in [3.63, 3.8) is 0 Å². The minimum Gasteiger partial charge on any atom is -0.372 e. The van der Waals surface area contributed by atoms with Crippen LogP contribution in [-0.2, 0) is 21.9 Å². The van der Waals surface area contributed by atoms with Crippen molar-refractivity contribution in [2.45, 2.75) is 81.4 Å². The minimum atomic E-state index is -4.92. The first kappa shape index (κ1) is 26.7. The Bertz CT molecular complexity index is 1000. The van der Waals surface area contributed by atoms with Crippen LogP contribution in [0.4, 0.5) is 26.3 Å². The van der Waals surface area contributed by atoms with E-state index in [9.17, 15) is 31.1 Å². The summed E-state index contributed by atoms with van der Waals surface area (Å²) in [7, 11) is 0. The predicted octanol–water partition coefficient (Wildman–Crippen LogP) is 6.24. The van der Waals surface area contributed by atoms with Crippen molar-refractivity contribution in [3.05, 3.63) is 58.7 Å². The number of amides is 1. The van der Waals surface area contributed by atoms with Crippen molar-refractivity contribution < 1.29 is 35.9 Å². The number of carbonyl (C=O) groups is 1. The molecule has 4 rings (SSSR count). The van der Waals surface area contributed by atoms with Gasteiger partial charge in [-0.1, -0.05) is 18.2 Å². The summed E-state index contributed by atoms with van der Waals surface area (Å²) in [4.78, 5) is 12.0. The van der Waals surface area contributed by atoms with Crippen molar-refractivity contribution in [2.24, 2.45) is 0 Å². The Morgan fingerprint density at radius 2 is 1.69 bits per heavy atom. The molecule has 2 heterocycles. The molecule has 0 aromatic heterocycles. The maximum absolute atomic E-state index is 13.3. The van der Waals surface area contributed by atoms with Gasteiger partial charge in [0.15, 0.2) is 0 Å². The molecule has 1 aromatic rings. The lowest BCUT2D eigenvalue weighted by molar-refractivity contribution is -0.143. The van der Waals surface area contributed by atoms with E-state index in [-0.39, 0.29) is 29.7 Å². The van der Waals surface area contributed by atoms with Crippen molar-refractivity contribution in [2.75, 3.05) is 13.2 Å². The SMILES string of the molecule is C[C@@H](OC[C@@]1(C2=CCCC=C2)CC[C@]2(CCCC(=O)N2)CN1)c1cc(C(F)(F)F)cc(C(F)(F)F)c1. The van der Waals surface area contributed by atoms with Gasteiger partial charge in [0, 0.05) is 13.0 Å². The Kier molecular flexibility index (Phi) is 7.31. The molecule has 1 aliphatic carbocycles. The summed E-state index contributed by atoms with van der Waals surface area (Å²) in [5.41, 5.74) is -2.94. The summed E-state index contributed by atoms with van der Waals surface area (Å²) < 4.78 is 85.9. The molecular formula is C26H30F6N2O2. The highest BCUT2D eigenvalue weighted by Gasteiger charge is 2.46. The number of halogens is 6. The first-order valence-electron chi connectivity index (χ1n) is 12.2. The molecule has 0 saturated carbocycles. The van der Waals surface area contributed by atoms with Gasteiger partial charge in [-0.25, -0.2) is 0 Å². The van der Waals surface area contributed by atoms with Crippen LogP contribution in [0.2, 0.25) is 0 Å². The quantitative estimate of drug-likeness (QED) is 0.456. The van der Waals surface area contributed by atoms with Crippen LogP contribution < -0.4 is 10.6 Å². The lowest BCUT2D eigenvalue weighted by Crippen LogP contribution is -2.67. The van der Waals surface area contributed by atoms with Crippen molar-refractivity contribution >= 4 is 5.91 Å². The molecule has 2 aliphatic heterocycles. The van der Waals surface area contributed by atoms with Crippen molar-refractivity contribution in [1.29, 1.82) is 0 Å². The van der Waals surface area contributed by atoms with E-state index in [0.29, 0.717) is 37.9 Å². The lowest BCUT2D eigenvalue weighted by atomic mass is 9.72. The highest BCUT2D eigenvalue weighted by Crippen LogP contribution is 2.40. The number of hydrogen-bond acceptors (Lipinski definition) is 3. The highest BCUT2D eigenvalue weighted by atomic mass is 19.4. The van der Waals surface area contributed by atoms with Crippen LogP contribution in [-0.4, -0.2) is 30.1 Å². The molecule has 198 valence electrons. The number of hydrogen-bond donors (Lipinski definition) is 2. The van der Waals surface area contributed by atoms with Crippen LogP contribution in [0.3, 0.4) is 0 Å². The molecule has 0 bridgehead atoms. The van der Waals surface area contributed by atoms with Gasteiger partial charge in [-0.15, -0.1) is 0 Å². The van der Waals surface area contributed by atoms with Crippen LogP contribution >= 0.6 is 0 Å². The fourth-order valence-electron chi connectivity index (χ4n) is 5.29. The summed E-state index contributed by atoms with van der Waals surface area (Å²) in [6.45, 7) is 2.02. The zero-order chi connectivity index (χ0) is 26.2. The number of piperidine rings is 2. The van der Waals surface area contributed by atoms with Crippen LogP contribution in [0.15, 0.2) is 42.0 Å². The molecule has 2 fully saturated rings. The number of alkyl halides is 6. The third kappa shape index (κ3) is 5.80. The Morgan fingerprint density at radius 1 is 1.00 bits per heavy atom. The first-order valence-corrected chi connectivity index (χ1v) is 12.2. The normalized spacial score (nSPS) is 28.1. The van der Waals surface area contributed by atoms with Gasteiger partial charge < -0.3 is 15.4 Å². The zero-order valence-corrected chi connectivity index (χ0v) is 20.0. The summed E-state index contributed by atoms with van der Waals surface area (Å²) >= 11 is 0. The van der Waals surface area contributed by atoms with Gasteiger partial charge in [0.2, 0.25) is 5.91 Å². The number of rotatable bonds is 5. The predicted molar refractivity (Wildman–Crippen MR) is 122 cm³/mol. The average Bonchev–Trinajstić information content (AvgIpc) is 2.83. The topological polar surface area (TPSA) is 50.4 Å². The van der Waals surface area contributed by atoms with Gasteiger partial charge in [-0.05, 0) is 74.8 Å². The minimum absolute atomic E-state index is 0.0159. The molecule has 1 spiro atoms. The largest absolute Gasteiger partial charge is 0.416 e. The van der Waals surface area contributed by atoms with E-state index >= 15 is 0 Å². The molecular weight excluding hydrogens is 486 g/mol. The van der Waals surface area contributed by atoms with E-state index in [4.69, 9.17) is 4.74 Å². The van der Waals surface area contributed by atoms with Crippen LogP contribution in [0.25, 0.3) is 0 Å². The van der Waals surface area contributed by atoms with Crippen molar-refractivity contribution in [1.82, 2.24) is 10.6 Å². The number of allylic oxidation sites excluding steroid dienone is 2. The number of carbonyl (C=O) groups excluding carboxylic acids is 1. The molecule has 3 atom stereocenters. The summed E-state index contributed by atoms with van der Waals surface area (Å²) in [5, 5.41) is 6.65. The Balaban J connectivity index is 1.56. The van der Waals surface area contributed by atoms with E-state index < -0.39 is 35.1 Å². The van der Waals surface area contributed by atoms with Crippen LogP contribution in [0.5, 0.6) is 0 Å². The van der Waals surface area contributed by atoms with E-state index in [1.54, 1.807) is 0 Å². The van der Waals surface area contributed by atoms with E-state index in [1.165, 1.54) is 6.92 Å². The summed E-state index contributed by atoms with van der Waals surface area (Å²) in [6.07, 6.45) is 0.432. The molecule has 36 heavy (non-hydrogen) atoms. The molecule has 4 nitrogen and oxygen atoms in total. The molecule has 0 radical (unpaired) electrons. The van der Waals surface area contributed by atoms with Gasteiger partial charge in [-0.3, -0.25) is 4.79 Å². The smallest absolute Gasteiger partial charge is 0.372 e. The number of ether oxygens (including phenoxy) is 1. The average molecular weight is 517 g/mol. The molecule has 3 aliphatic rings. The lowest BCUT2D eigenvalue weighted by Gasteiger charge is -2.50. The van der Waals surface area contributed by atoms with Crippen LogP contribution in [0.1, 0.15) is 74.7 Å². The van der Waals surface area contributed by atoms with Gasteiger partial charge in [0.25, 0.3) is 0 Å². The maximum Gasteiger partial charge on any atom is 0.416 e. The van der Waals surface area contributed by atoms with Gasteiger partial charge in [-0.2, -0.15) is 26.3 Å². The van der Waals surface area contributed by atoms with E-state index in [1.807, 2.05) is 12.2 Å². The highest BCUT2D eigenvalue weighted by molar-refractivity contribution is 5.77. The molecule has 10 heteroatoms. The molecule has 0 unspecified atom stereocenters. The second-order valence-corrected chi connectivity index (χ2v) is 10.0. The Morgan fingerprint density at radius 3 is 2.22 bits per heavy atom. The summed E-state index contributed by atoms with van der Waals surface area (Å²) in [5.74, 6) is 0.0159. The number of nitrogens with one attached hydrogen (secondary N) is 2. The monoisotopic (exact) mass is 516 g/mol. The van der Waals surface area contributed by atoms with Crippen molar-refractivity contribution in [3.8, 4) is 0 Å². The standard InChI is InChI=1S/C26H30F6N2O2/c1-17(18-12-20(25(27,28)29)14-21(13-18)26(30,31)32)36-16-24(19-6-3-2-4-7-19)11-10-23(15-33-24)9-5-8-22(35)34-23/h3,6-7,12-14,17,33H,2,4-5,8-11,15-16H2,1H3,(H,34,35)/t17-,23-,24-/m1/s1. The first-order chi connectivity index (χ1) is 16.8. The third-order valence-electron chi connectivity index (χ3n) is 7.47. The maximum atomic E-state index is 13.3. The van der Waals surface area contributed by atoms with Gasteiger partial charge in [0.1, 0.15) is 0 Å². The van der Waals surface area contributed by atoms with Crippen LogP contribution in [0, 0.1) is 0 Å². The third-order valence-corrected chi connectivity index (χ3v) is 7.47. The summed E-state index contributed by atoms with van der Waals surface area (Å²) in [6, 6.07) is 1.55. The van der Waals surface area contributed by atoms with E-state index in [2.05, 4.69) is 16.7 Å². The van der Waals surface area contributed by atoms with Gasteiger partial charge >= 0.3 is 12.4 Å². The molecule has 2 N–H and O–H groups in total. The fraction of sp³-hybridized carbons (Fsp3) is 0.577. The molecule has 1 amide bonds. The Hall–Kier alpha value is -2.33. The van der Waals surface area contributed by atoms with E-state index in [0.717, 1.165) is 31.3 Å². The number of benzene rings is 1. The second-order valence-electron chi connectivity index (χ2n) is 10.0. The van der Waals surface area contributed by atoms with Gasteiger partial charge in [0.05, 0.1) is 34.9 Å². The Labute approximate surface area is 206 Å². The second kappa shape index (κ2) is 9.85. The zero-order valence-electron chi connectivity index (χ0n) is 20.0. The molecule has 2 saturated heterocycles.